The van der Waals surface area contributed by atoms with Crippen molar-refractivity contribution in [3.05, 3.63) is 40.7 Å². The van der Waals surface area contributed by atoms with Gasteiger partial charge in [-0.15, -0.1) is 0 Å². The number of aryl methyl sites for hydroxylation is 3. The van der Waals surface area contributed by atoms with Gasteiger partial charge in [-0.3, -0.25) is 4.68 Å². The molecule has 0 spiro atoms. The fourth-order valence-electron chi connectivity index (χ4n) is 5.64. The van der Waals surface area contributed by atoms with Crippen LogP contribution in [0.4, 0.5) is 16.2 Å². The number of anilines is 2. The van der Waals surface area contributed by atoms with Crippen molar-refractivity contribution in [2.75, 3.05) is 36.3 Å². The van der Waals surface area contributed by atoms with Crippen molar-refractivity contribution in [2.45, 2.75) is 51.4 Å². The van der Waals surface area contributed by atoms with Gasteiger partial charge in [0.1, 0.15) is 0 Å². The van der Waals surface area contributed by atoms with Gasteiger partial charge in [-0.1, -0.05) is 6.07 Å². The van der Waals surface area contributed by atoms with E-state index in [1.807, 2.05) is 0 Å². The quantitative estimate of drug-likeness (QED) is 0.582. The van der Waals surface area contributed by atoms with Gasteiger partial charge >= 0.3 is 16.2 Å². The Morgan fingerprint density at radius 3 is 2.29 bits per heavy atom. The number of amides is 2. The molecule has 0 bridgehead atoms. The number of piperidine rings is 1. The summed E-state index contributed by atoms with van der Waals surface area (Å²) >= 11 is 0. The Balaban J connectivity index is 0.00000289. The van der Waals surface area contributed by atoms with Crippen LogP contribution in [0.5, 0.6) is 0 Å². The third kappa shape index (κ3) is 5.72. The van der Waals surface area contributed by atoms with E-state index in [4.69, 9.17) is 0 Å². The molecule has 1 aliphatic heterocycles. The predicted molar refractivity (Wildman–Crippen MR) is 138 cm³/mol. The first-order valence-corrected chi connectivity index (χ1v) is 13.7. The van der Waals surface area contributed by atoms with E-state index < -0.39 is 16.2 Å². The molecule has 2 N–H and O–H groups in total. The zero-order valence-corrected chi connectivity index (χ0v) is 23.8. The van der Waals surface area contributed by atoms with Crippen molar-refractivity contribution in [3.8, 4) is 0 Å². The maximum atomic E-state index is 13.5. The Morgan fingerprint density at radius 1 is 1.09 bits per heavy atom. The van der Waals surface area contributed by atoms with Crippen molar-refractivity contribution in [1.82, 2.24) is 19.4 Å². The van der Waals surface area contributed by atoms with E-state index in [0.29, 0.717) is 12.2 Å². The molecule has 2 heterocycles. The topological polar surface area (TPSA) is 99.6 Å². The normalized spacial score (nSPS) is 18.0. The summed E-state index contributed by atoms with van der Waals surface area (Å²) in [5, 5.41) is 7.09. The van der Waals surface area contributed by atoms with Gasteiger partial charge in [0.25, 0.3) is 0 Å². The first-order chi connectivity index (χ1) is 16.3. The van der Waals surface area contributed by atoms with E-state index in [-0.39, 0.29) is 35.5 Å². The summed E-state index contributed by atoms with van der Waals surface area (Å²) in [6.07, 6.45) is 11.0. The van der Waals surface area contributed by atoms with E-state index in [1.165, 1.54) is 32.8 Å². The Morgan fingerprint density at radius 2 is 1.71 bits per heavy atom. The van der Waals surface area contributed by atoms with Crippen LogP contribution < -0.4 is 14.3 Å². The van der Waals surface area contributed by atoms with E-state index in [1.54, 1.807) is 17.9 Å². The summed E-state index contributed by atoms with van der Waals surface area (Å²) in [6.45, 7) is 2.19. The second kappa shape index (κ2) is 10.8. The molecule has 35 heavy (non-hydrogen) atoms. The molecule has 0 saturated carbocycles. The van der Waals surface area contributed by atoms with Crippen LogP contribution in [-0.4, -0.2) is 85.4 Å². The molecule has 185 valence electrons. The van der Waals surface area contributed by atoms with E-state index >= 15 is 0 Å². The molecule has 2 aliphatic carbocycles. The Bertz CT molecular complexity index is 1160. The zero-order valence-electron chi connectivity index (χ0n) is 21.0. The third-order valence-corrected chi connectivity index (χ3v) is 8.85. The molecular weight excluding hydrogens is 475 g/mol. The summed E-state index contributed by atoms with van der Waals surface area (Å²) in [6, 6.07) is 1.59. The van der Waals surface area contributed by atoms with Crippen molar-refractivity contribution in [1.29, 1.82) is 0 Å². The van der Waals surface area contributed by atoms with Crippen LogP contribution in [0.1, 0.15) is 47.9 Å². The van der Waals surface area contributed by atoms with Crippen LogP contribution in [0.25, 0.3) is 0 Å². The molecule has 0 unspecified atom stereocenters. The summed E-state index contributed by atoms with van der Waals surface area (Å²) in [7, 11) is -0.289. The van der Waals surface area contributed by atoms with Gasteiger partial charge in [0.05, 0.1) is 11.9 Å². The first kappa shape index (κ1) is 26.5. The number of rotatable bonds is 6. The largest absolute Gasteiger partial charge is 0.334 e. The molecule has 1 fully saturated rings. The molecule has 11 heteroatoms. The zero-order chi connectivity index (χ0) is 23.9. The average Bonchev–Trinajstić information content (AvgIpc) is 3.53. The minimum atomic E-state index is -4.12. The molecule has 5 rings (SSSR count). The smallest absolute Gasteiger partial charge is 0.307 e. The minimum Gasteiger partial charge on any atom is -0.307 e. The number of urea groups is 1. The number of carbonyl (C=O) groups excluding carboxylic acids is 1. The summed E-state index contributed by atoms with van der Waals surface area (Å²) in [5.41, 5.74) is 6.21. The van der Waals surface area contributed by atoms with Crippen LogP contribution in [0.15, 0.2) is 18.5 Å². The monoisotopic (exact) mass is 509 g/mol. The number of hydrogen-bond acceptors (Lipinski definition) is 5. The van der Waals surface area contributed by atoms with Gasteiger partial charge in [-0.05, 0) is 99.7 Å². The molecule has 9 nitrogen and oxygen atoms in total. The fraction of sp³-hybridized carbons (Fsp3) is 0.583. The molecular formula is C24H34N6NaO3S. The molecule has 1 radical (unpaired) electrons. The fourth-order valence-corrected chi connectivity index (χ4v) is 6.81. The van der Waals surface area contributed by atoms with Crippen molar-refractivity contribution in [2.24, 2.45) is 13.0 Å². The van der Waals surface area contributed by atoms with Crippen molar-refractivity contribution < 1.29 is 13.2 Å². The molecule has 1 saturated heterocycles. The predicted octanol–water partition coefficient (Wildman–Crippen LogP) is 2.23. The van der Waals surface area contributed by atoms with Gasteiger partial charge in [0.2, 0.25) is 0 Å². The second-order valence-electron chi connectivity index (χ2n) is 9.95. The van der Waals surface area contributed by atoms with Crippen LogP contribution in [0.2, 0.25) is 0 Å². The molecule has 3 aliphatic rings. The van der Waals surface area contributed by atoms with E-state index in [9.17, 15) is 13.2 Å². The van der Waals surface area contributed by atoms with Crippen LogP contribution in [0.3, 0.4) is 0 Å². The number of nitrogens with one attached hydrogen (secondary N) is 2. The van der Waals surface area contributed by atoms with Crippen molar-refractivity contribution in [3.63, 3.8) is 0 Å². The summed E-state index contributed by atoms with van der Waals surface area (Å²) in [4.78, 5) is 15.3. The van der Waals surface area contributed by atoms with Gasteiger partial charge in [0, 0.05) is 55.0 Å². The van der Waals surface area contributed by atoms with Gasteiger partial charge < -0.3 is 10.2 Å². The van der Waals surface area contributed by atoms with Gasteiger partial charge in [0.15, 0.2) is 0 Å². The van der Waals surface area contributed by atoms with Gasteiger partial charge in [-0.2, -0.15) is 13.5 Å². The number of likely N-dealkylation sites (tertiary alicyclic amines) is 1. The number of nitrogens with zero attached hydrogens (tertiary/aromatic N) is 4. The van der Waals surface area contributed by atoms with Crippen molar-refractivity contribution >= 4 is 57.2 Å². The number of fused-ring (bicyclic) bond motifs is 2. The van der Waals surface area contributed by atoms with Gasteiger partial charge in [-0.25, -0.2) is 13.8 Å². The summed E-state index contributed by atoms with van der Waals surface area (Å²) in [5.74, 6) is 0.219. The molecule has 2 amide bonds. The first-order valence-electron chi connectivity index (χ1n) is 12.3. The molecule has 0 atom stereocenters. The average molecular weight is 510 g/mol. The van der Waals surface area contributed by atoms with Crippen LogP contribution in [0, 0.1) is 5.92 Å². The number of carbonyl (C=O) groups is 1. The maximum absolute atomic E-state index is 13.5. The number of aromatic nitrogens is 2. The van der Waals surface area contributed by atoms with E-state index in [0.717, 1.165) is 70.1 Å². The minimum absolute atomic E-state index is 0. The number of benzene rings is 1. The standard InChI is InChI=1S/C24H34N6O3S.Na/c1-28-11-9-17(10-12-28)15-30(20-14-25-29(2)16-20)34(32,33)27-24(31)26-23-21-7-3-5-18(21)13-19-6-4-8-22(19)23;/h13-14,16-17H,3-12,15H2,1-2H3,(H2,26,27,31);. The SMILES string of the molecule is CN1CCC(CN(c2cnn(C)c2)S(=O)(=O)NC(=O)Nc2c3c(cc4c2CCC4)CCC3)CC1.[Na]. The molecule has 2 aromatic rings. The van der Waals surface area contributed by atoms with Crippen LogP contribution >= 0.6 is 0 Å². The second-order valence-corrected chi connectivity index (χ2v) is 11.5. The van der Waals surface area contributed by atoms with E-state index in [2.05, 4.69) is 33.2 Å². The number of hydrogen-bond donors (Lipinski definition) is 2. The summed E-state index contributed by atoms with van der Waals surface area (Å²) < 4.78 is 32.1. The third-order valence-electron chi connectivity index (χ3n) is 7.46. The Labute approximate surface area is 230 Å². The molecule has 1 aromatic carbocycles. The molecule has 1 aromatic heterocycles. The Hall–Kier alpha value is -1.59. The van der Waals surface area contributed by atoms with Crippen LogP contribution in [-0.2, 0) is 42.9 Å². The maximum Gasteiger partial charge on any atom is 0.334 e. The Kier molecular flexibility index (Phi) is 8.17.